The summed E-state index contributed by atoms with van der Waals surface area (Å²) in [4.78, 5) is 0. The predicted molar refractivity (Wildman–Crippen MR) is 71.9 cm³/mol. The van der Waals surface area contributed by atoms with Gasteiger partial charge in [0.15, 0.2) is 0 Å². The molecule has 0 bridgehead atoms. The molecule has 0 fully saturated rings. The van der Waals surface area contributed by atoms with E-state index in [4.69, 9.17) is 14.9 Å². The first-order valence-electron chi connectivity index (χ1n) is 6.00. The van der Waals surface area contributed by atoms with Crippen LogP contribution in [-0.2, 0) is 0 Å². The van der Waals surface area contributed by atoms with Crippen molar-refractivity contribution in [3.8, 4) is 5.75 Å². The summed E-state index contributed by atoms with van der Waals surface area (Å²) in [7, 11) is 1.68. The van der Waals surface area contributed by atoms with E-state index in [0.717, 1.165) is 34.0 Å². The summed E-state index contributed by atoms with van der Waals surface area (Å²) < 4.78 is 10.9. The van der Waals surface area contributed by atoms with E-state index in [0.29, 0.717) is 0 Å². The van der Waals surface area contributed by atoms with E-state index in [-0.39, 0.29) is 6.04 Å². The Morgan fingerprint density at radius 1 is 1.11 bits per heavy atom. The molecule has 2 N–H and O–H groups in total. The standard InChI is InChI=1S/C15H19NO2/c1-9-8-14(17-4)10(2)7-12(9)15(16)13-6-5-11(3)18-13/h5-8,15H,16H2,1-4H3. The third-order valence-electron chi connectivity index (χ3n) is 3.19. The number of hydrogen-bond donors (Lipinski definition) is 1. The van der Waals surface area contributed by atoms with Crippen LogP contribution in [-0.4, -0.2) is 7.11 Å². The smallest absolute Gasteiger partial charge is 0.125 e. The molecule has 1 heterocycles. The van der Waals surface area contributed by atoms with Crippen molar-refractivity contribution in [1.82, 2.24) is 0 Å². The van der Waals surface area contributed by atoms with E-state index in [9.17, 15) is 0 Å². The molecule has 1 aromatic carbocycles. The number of ether oxygens (including phenoxy) is 1. The monoisotopic (exact) mass is 245 g/mol. The quantitative estimate of drug-likeness (QED) is 0.902. The lowest BCUT2D eigenvalue weighted by atomic mass is 9.97. The Morgan fingerprint density at radius 3 is 2.39 bits per heavy atom. The highest BCUT2D eigenvalue weighted by Crippen LogP contribution is 2.29. The van der Waals surface area contributed by atoms with Crippen molar-refractivity contribution in [3.63, 3.8) is 0 Å². The second-order valence-electron chi connectivity index (χ2n) is 4.60. The van der Waals surface area contributed by atoms with Gasteiger partial charge in [-0.25, -0.2) is 0 Å². The van der Waals surface area contributed by atoms with Crippen LogP contribution in [0.5, 0.6) is 5.75 Å². The average molecular weight is 245 g/mol. The molecule has 0 spiro atoms. The van der Waals surface area contributed by atoms with E-state index in [2.05, 4.69) is 6.07 Å². The Hall–Kier alpha value is -1.74. The Balaban J connectivity index is 2.42. The highest BCUT2D eigenvalue weighted by atomic mass is 16.5. The number of rotatable bonds is 3. The summed E-state index contributed by atoms with van der Waals surface area (Å²) in [5.74, 6) is 2.56. The zero-order valence-corrected chi connectivity index (χ0v) is 11.3. The lowest BCUT2D eigenvalue weighted by molar-refractivity contribution is 0.410. The molecular weight excluding hydrogens is 226 g/mol. The maximum absolute atomic E-state index is 6.26. The van der Waals surface area contributed by atoms with Gasteiger partial charge in [-0.05, 0) is 55.7 Å². The third kappa shape index (κ3) is 2.27. The van der Waals surface area contributed by atoms with Gasteiger partial charge in [0.2, 0.25) is 0 Å². The van der Waals surface area contributed by atoms with Crippen molar-refractivity contribution in [2.45, 2.75) is 26.8 Å². The van der Waals surface area contributed by atoms with Crippen molar-refractivity contribution in [1.29, 1.82) is 0 Å². The molecule has 1 atom stereocenters. The fourth-order valence-electron chi connectivity index (χ4n) is 2.14. The summed E-state index contributed by atoms with van der Waals surface area (Å²) >= 11 is 0. The minimum atomic E-state index is -0.233. The zero-order valence-electron chi connectivity index (χ0n) is 11.3. The predicted octanol–water partition coefficient (Wildman–Crippen LogP) is 3.26. The molecular formula is C15H19NO2. The van der Waals surface area contributed by atoms with Crippen LogP contribution in [0, 0.1) is 20.8 Å². The van der Waals surface area contributed by atoms with Crippen molar-refractivity contribution in [3.05, 3.63) is 52.5 Å². The Morgan fingerprint density at radius 2 is 1.83 bits per heavy atom. The van der Waals surface area contributed by atoms with Crippen LogP contribution < -0.4 is 10.5 Å². The van der Waals surface area contributed by atoms with Gasteiger partial charge in [-0.1, -0.05) is 6.07 Å². The van der Waals surface area contributed by atoms with Crippen LogP contribution >= 0.6 is 0 Å². The first-order valence-corrected chi connectivity index (χ1v) is 6.00. The van der Waals surface area contributed by atoms with Crippen LogP contribution in [0.2, 0.25) is 0 Å². The van der Waals surface area contributed by atoms with E-state index in [1.807, 2.05) is 39.0 Å². The Kier molecular flexibility index (Phi) is 3.43. The zero-order chi connectivity index (χ0) is 13.3. The lowest BCUT2D eigenvalue weighted by Gasteiger charge is -2.15. The number of furan rings is 1. The molecule has 2 aromatic rings. The highest BCUT2D eigenvalue weighted by molar-refractivity contribution is 5.44. The fraction of sp³-hybridized carbons (Fsp3) is 0.333. The SMILES string of the molecule is COc1cc(C)c(C(N)c2ccc(C)o2)cc1C. The normalized spacial score (nSPS) is 12.5. The summed E-state index contributed by atoms with van der Waals surface area (Å²) in [5, 5.41) is 0. The molecule has 0 aliphatic heterocycles. The van der Waals surface area contributed by atoms with E-state index in [1.54, 1.807) is 7.11 Å². The molecule has 18 heavy (non-hydrogen) atoms. The first kappa shape index (κ1) is 12.7. The van der Waals surface area contributed by atoms with Crippen molar-refractivity contribution >= 4 is 0 Å². The van der Waals surface area contributed by atoms with Gasteiger partial charge in [0.25, 0.3) is 0 Å². The molecule has 0 saturated heterocycles. The van der Waals surface area contributed by atoms with Crippen LogP contribution in [0.1, 0.15) is 34.3 Å². The van der Waals surface area contributed by atoms with E-state index >= 15 is 0 Å². The molecule has 96 valence electrons. The number of methoxy groups -OCH3 is 1. The van der Waals surface area contributed by atoms with Crippen molar-refractivity contribution < 1.29 is 9.15 Å². The van der Waals surface area contributed by atoms with Gasteiger partial charge in [-0.2, -0.15) is 0 Å². The van der Waals surface area contributed by atoms with Gasteiger partial charge in [-0.3, -0.25) is 0 Å². The van der Waals surface area contributed by atoms with Crippen LogP contribution in [0.25, 0.3) is 0 Å². The van der Waals surface area contributed by atoms with Gasteiger partial charge in [0.1, 0.15) is 17.3 Å². The minimum absolute atomic E-state index is 0.233. The lowest BCUT2D eigenvalue weighted by Crippen LogP contribution is -2.13. The van der Waals surface area contributed by atoms with E-state index in [1.165, 1.54) is 0 Å². The molecule has 2 rings (SSSR count). The van der Waals surface area contributed by atoms with Crippen LogP contribution in [0.15, 0.2) is 28.7 Å². The molecule has 0 amide bonds. The van der Waals surface area contributed by atoms with Gasteiger partial charge in [0, 0.05) is 0 Å². The third-order valence-corrected chi connectivity index (χ3v) is 3.19. The van der Waals surface area contributed by atoms with Gasteiger partial charge in [0.05, 0.1) is 13.2 Å². The molecule has 3 heteroatoms. The molecule has 0 aliphatic carbocycles. The largest absolute Gasteiger partial charge is 0.496 e. The molecule has 3 nitrogen and oxygen atoms in total. The maximum atomic E-state index is 6.26. The van der Waals surface area contributed by atoms with E-state index < -0.39 is 0 Å². The van der Waals surface area contributed by atoms with Crippen molar-refractivity contribution in [2.75, 3.05) is 7.11 Å². The molecule has 0 aliphatic rings. The molecule has 1 unspecified atom stereocenters. The van der Waals surface area contributed by atoms with Gasteiger partial charge < -0.3 is 14.9 Å². The fourth-order valence-corrected chi connectivity index (χ4v) is 2.14. The maximum Gasteiger partial charge on any atom is 0.125 e. The average Bonchev–Trinajstić information content (AvgIpc) is 2.77. The topological polar surface area (TPSA) is 48.4 Å². The highest BCUT2D eigenvalue weighted by Gasteiger charge is 2.16. The first-order chi connectivity index (χ1) is 8.52. The number of nitrogens with two attached hydrogens (primary N) is 1. The molecule has 1 aromatic heterocycles. The Bertz CT molecular complexity index is 558. The van der Waals surface area contributed by atoms with Crippen LogP contribution in [0.4, 0.5) is 0 Å². The second-order valence-corrected chi connectivity index (χ2v) is 4.60. The van der Waals surface area contributed by atoms with Crippen molar-refractivity contribution in [2.24, 2.45) is 5.73 Å². The second kappa shape index (κ2) is 4.86. The minimum Gasteiger partial charge on any atom is -0.496 e. The molecule has 0 radical (unpaired) electrons. The van der Waals surface area contributed by atoms with Gasteiger partial charge >= 0.3 is 0 Å². The van der Waals surface area contributed by atoms with Crippen LogP contribution in [0.3, 0.4) is 0 Å². The summed E-state index contributed by atoms with van der Waals surface area (Å²) in [6, 6.07) is 7.71. The number of benzene rings is 1. The summed E-state index contributed by atoms with van der Waals surface area (Å²) in [6.07, 6.45) is 0. The summed E-state index contributed by atoms with van der Waals surface area (Å²) in [6.45, 7) is 5.97. The summed E-state index contributed by atoms with van der Waals surface area (Å²) in [5.41, 5.74) is 9.52. The Labute approximate surface area is 108 Å². The van der Waals surface area contributed by atoms with Gasteiger partial charge in [-0.15, -0.1) is 0 Å². The molecule has 0 saturated carbocycles. The number of aryl methyl sites for hydroxylation is 3. The number of hydrogen-bond acceptors (Lipinski definition) is 3.